The molecule has 0 aliphatic carbocycles. The van der Waals surface area contributed by atoms with Gasteiger partial charge < -0.3 is 30.2 Å². The van der Waals surface area contributed by atoms with E-state index in [4.69, 9.17) is 21.2 Å². The molecule has 2 amide bonds. The van der Waals surface area contributed by atoms with Gasteiger partial charge in [-0.3, -0.25) is 9.59 Å². The predicted molar refractivity (Wildman–Crippen MR) is 135 cm³/mol. The monoisotopic (exact) mass is 474 g/mol. The van der Waals surface area contributed by atoms with Gasteiger partial charge in [0.05, 0.1) is 11.2 Å². The zero-order valence-electron chi connectivity index (χ0n) is 20.0. The highest BCUT2D eigenvalue weighted by molar-refractivity contribution is 6.00. The van der Waals surface area contributed by atoms with Gasteiger partial charge >= 0.3 is 0 Å². The number of fused-ring (bicyclic) bond motifs is 2. The van der Waals surface area contributed by atoms with Gasteiger partial charge in [-0.1, -0.05) is 18.2 Å². The number of imidazole rings is 1. The summed E-state index contributed by atoms with van der Waals surface area (Å²) < 4.78 is 9.94. The van der Waals surface area contributed by atoms with E-state index < -0.39 is 5.91 Å². The fraction of sp³-hybridized carbons (Fsp3) is 0.346. The fourth-order valence-corrected chi connectivity index (χ4v) is 5.04. The predicted octanol–water partition coefficient (Wildman–Crippen LogP) is 2.64. The average Bonchev–Trinajstić information content (AvgIpc) is 3.39. The number of aromatic nitrogens is 3. The van der Waals surface area contributed by atoms with Crippen molar-refractivity contribution < 1.29 is 14.3 Å². The Kier molecular flexibility index (Phi) is 5.94. The van der Waals surface area contributed by atoms with Crippen LogP contribution in [0.3, 0.4) is 0 Å². The number of nitrogens with two attached hydrogens (primary N) is 2. The molecule has 1 fully saturated rings. The number of benzene rings is 2. The maximum Gasteiger partial charge on any atom is 0.255 e. The second kappa shape index (κ2) is 9.07. The van der Waals surface area contributed by atoms with Gasteiger partial charge in [-0.2, -0.15) is 0 Å². The Labute approximate surface area is 203 Å². The fourth-order valence-electron chi connectivity index (χ4n) is 5.04. The Morgan fingerprint density at radius 3 is 2.74 bits per heavy atom. The van der Waals surface area contributed by atoms with Crippen molar-refractivity contribution >= 4 is 33.8 Å². The molecule has 0 bridgehead atoms. The normalized spacial score (nSPS) is 16.2. The van der Waals surface area contributed by atoms with Crippen LogP contribution in [0.15, 0.2) is 42.5 Å². The largest absolute Gasteiger partial charge is 0.481 e. The summed E-state index contributed by atoms with van der Waals surface area (Å²) in [7, 11) is 1.91. The third-order valence-electron chi connectivity index (χ3n) is 6.65. The van der Waals surface area contributed by atoms with E-state index in [0.29, 0.717) is 35.4 Å². The Hall–Kier alpha value is -3.85. The van der Waals surface area contributed by atoms with Gasteiger partial charge in [0.15, 0.2) is 12.4 Å². The zero-order chi connectivity index (χ0) is 24.7. The van der Waals surface area contributed by atoms with Crippen LogP contribution in [-0.4, -0.2) is 56.6 Å². The maximum absolute atomic E-state index is 13.3. The Bertz CT molecular complexity index is 1440. The second-order valence-corrected chi connectivity index (χ2v) is 9.08. The molecular weight excluding hydrogens is 444 g/mol. The summed E-state index contributed by atoms with van der Waals surface area (Å²) in [5, 5.41) is 1.12. The van der Waals surface area contributed by atoms with Crippen molar-refractivity contribution in [1.29, 1.82) is 0 Å². The number of nitrogens with zero attached hydrogens (tertiary/aromatic N) is 4. The van der Waals surface area contributed by atoms with Gasteiger partial charge in [0.1, 0.15) is 11.3 Å². The summed E-state index contributed by atoms with van der Waals surface area (Å²) in [6, 6.07) is 13.8. The molecule has 1 saturated heterocycles. The van der Waals surface area contributed by atoms with Crippen LogP contribution in [0.5, 0.6) is 5.75 Å². The summed E-state index contributed by atoms with van der Waals surface area (Å²) in [6.45, 7) is 3.75. The molecule has 4 aromatic rings. The van der Waals surface area contributed by atoms with E-state index in [1.165, 1.54) is 0 Å². The molecule has 1 atom stereocenters. The molecule has 9 heteroatoms. The Morgan fingerprint density at radius 2 is 2.00 bits per heavy atom. The minimum atomic E-state index is -0.592. The van der Waals surface area contributed by atoms with E-state index in [1.807, 2.05) is 23.7 Å². The smallest absolute Gasteiger partial charge is 0.255 e. The first-order valence-corrected chi connectivity index (χ1v) is 11.9. The summed E-state index contributed by atoms with van der Waals surface area (Å²) in [6.07, 6.45) is 1.78. The summed E-state index contributed by atoms with van der Waals surface area (Å²) in [5.74, 6) is 0.421. The lowest BCUT2D eigenvalue weighted by molar-refractivity contribution is -0.119. The van der Waals surface area contributed by atoms with Crippen molar-refractivity contribution in [2.24, 2.45) is 18.5 Å². The molecule has 0 radical (unpaired) electrons. The topological polar surface area (TPSA) is 121 Å². The van der Waals surface area contributed by atoms with Gasteiger partial charge in [-0.05, 0) is 44.0 Å². The maximum atomic E-state index is 13.3. The van der Waals surface area contributed by atoms with E-state index in [-0.39, 0.29) is 18.6 Å². The number of rotatable bonds is 6. The molecule has 0 saturated carbocycles. The summed E-state index contributed by atoms with van der Waals surface area (Å²) in [4.78, 5) is 31.5. The van der Waals surface area contributed by atoms with E-state index >= 15 is 0 Å². The van der Waals surface area contributed by atoms with E-state index in [0.717, 1.165) is 41.8 Å². The van der Waals surface area contributed by atoms with Crippen LogP contribution in [0, 0.1) is 0 Å². The molecule has 182 valence electrons. The van der Waals surface area contributed by atoms with Crippen molar-refractivity contribution in [2.45, 2.75) is 32.4 Å². The quantitative estimate of drug-likeness (QED) is 0.445. The summed E-state index contributed by atoms with van der Waals surface area (Å²) >= 11 is 0. The number of piperidine rings is 1. The van der Waals surface area contributed by atoms with Crippen molar-refractivity contribution in [3.05, 3.63) is 48.0 Å². The molecule has 35 heavy (non-hydrogen) atoms. The van der Waals surface area contributed by atoms with Crippen LogP contribution in [0.25, 0.3) is 33.5 Å². The minimum Gasteiger partial charge on any atom is -0.481 e. The van der Waals surface area contributed by atoms with Gasteiger partial charge in [0.25, 0.3) is 11.8 Å². The average molecular weight is 475 g/mol. The molecule has 2 aromatic heterocycles. The number of carbonyl (C=O) groups excluding carboxylic acids is 2. The first-order chi connectivity index (χ1) is 16.9. The van der Waals surface area contributed by atoms with Gasteiger partial charge in [-0.15, -0.1) is 0 Å². The number of aryl methyl sites for hydroxylation is 2. The third-order valence-corrected chi connectivity index (χ3v) is 6.65. The standard InChI is InChI=1S/C26H30N6O3/c1-3-32-20-9-5-4-7-16(20)12-21(32)25-29-19-11-17(26(34)31-10-6-8-18(27)14-31)13-22(24(19)30(25)2)35-15-23(28)33/h4-5,7,9,11-13,18H,3,6,8,10,14-15,27H2,1-2H3,(H2,28,33)/t18-/m1/s1. The van der Waals surface area contributed by atoms with E-state index in [2.05, 4.69) is 29.7 Å². The highest BCUT2D eigenvalue weighted by Crippen LogP contribution is 2.34. The highest BCUT2D eigenvalue weighted by Gasteiger charge is 2.25. The van der Waals surface area contributed by atoms with Crippen molar-refractivity contribution in [1.82, 2.24) is 19.0 Å². The number of carbonyl (C=O) groups is 2. The van der Waals surface area contributed by atoms with Crippen LogP contribution in [0.2, 0.25) is 0 Å². The first kappa shape index (κ1) is 22.9. The lowest BCUT2D eigenvalue weighted by Gasteiger charge is -2.30. The number of hydrogen-bond donors (Lipinski definition) is 2. The van der Waals surface area contributed by atoms with Crippen LogP contribution < -0.4 is 16.2 Å². The molecule has 2 aromatic carbocycles. The number of para-hydroxylation sites is 1. The van der Waals surface area contributed by atoms with Gasteiger partial charge in [0, 0.05) is 49.2 Å². The van der Waals surface area contributed by atoms with Crippen molar-refractivity contribution in [3.63, 3.8) is 0 Å². The lowest BCUT2D eigenvalue weighted by atomic mass is 10.0. The molecule has 4 N–H and O–H groups in total. The van der Waals surface area contributed by atoms with Crippen molar-refractivity contribution in [3.8, 4) is 17.3 Å². The van der Waals surface area contributed by atoms with Crippen molar-refractivity contribution in [2.75, 3.05) is 19.7 Å². The Balaban J connectivity index is 1.66. The second-order valence-electron chi connectivity index (χ2n) is 9.08. The SMILES string of the molecule is CCn1c(-c2nc3cc(C(=O)N4CCC[C@@H](N)C4)cc(OCC(N)=O)c3n2C)cc2ccccc21. The number of primary amides is 1. The van der Waals surface area contributed by atoms with Gasteiger partial charge in [-0.25, -0.2) is 4.98 Å². The summed E-state index contributed by atoms with van der Waals surface area (Å²) in [5.41, 5.74) is 15.3. The molecular formula is C26H30N6O3. The lowest BCUT2D eigenvalue weighted by Crippen LogP contribution is -2.45. The minimum absolute atomic E-state index is 0.0283. The molecule has 5 rings (SSSR count). The number of hydrogen-bond acceptors (Lipinski definition) is 5. The molecule has 9 nitrogen and oxygen atoms in total. The highest BCUT2D eigenvalue weighted by atomic mass is 16.5. The van der Waals surface area contributed by atoms with Crippen LogP contribution >= 0.6 is 0 Å². The Morgan fingerprint density at radius 1 is 1.20 bits per heavy atom. The molecule has 1 aliphatic heterocycles. The molecule has 0 spiro atoms. The van der Waals surface area contributed by atoms with Gasteiger partial charge in [0.2, 0.25) is 0 Å². The van der Waals surface area contributed by atoms with E-state index in [1.54, 1.807) is 17.0 Å². The van der Waals surface area contributed by atoms with Crippen LogP contribution in [0.1, 0.15) is 30.1 Å². The zero-order valence-corrected chi connectivity index (χ0v) is 20.0. The third kappa shape index (κ3) is 4.12. The van der Waals surface area contributed by atoms with Crippen LogP contribution in [-0.2, 0) is 18.4 Å². The van der Waals surface area contributed by atoms with Crippen LogP contribution in [0.4, 0.5) is 0 Å². The number of ether oxygens (including phenoxy) is 1. The molecule has 3 heterocycles. The number of amides is 2. The molecule has 0 unspecified atom stereocenters. The van der Waals surface area contributed by atoms with E-state index in [9.17, 15) is 9.59 Å². The molecule has 1 aliphatic rings. The number of likely N-dealkylation sites (tertiary alicyclic amines) is 1. The first-order valence-electron chi connectivity index (χ1n) is 11.9.